The molecule has 2 atom stereocenters. The first-order chi connectivity index (χ1) is 21.7. The lowest BCUT2D eigenvalue weighted by Crippen LogP contribution is -2.45. The molecule has 2 heterocycles. The summed E-state index contributed by atoms with van der Waals surface area (Å²) in [6, 6.07) is 20.6. The van der Waals surface area contributed by atoms with Crippen molar-refractivity contribution in [3.8, 4) is 17.2 Å². The zero-order valence-electron chi connectivity index (χ0n) is 25.9. The summed E-state index contributed by atoms with van der Waals surface area (Å²) in [5.41, 5.74) is 8.05. The van der Waals surface area contributed by atoms with Gasteiger partial charge in [-0.3, -0.25) is 5.43 Å². The maximum atomic E-state index is 12.5. The Bertz CT molecular complexity index is 1790. The van der Waals surface area contributed by atoms with Gasteiger partial charge in [-0.25, -0.2) is 9.59 Å². The molecule has 4 N–H and O–H groups in total. The summed E-state index contributed by atoms with van der Waals surface area (Å²) in [6.07, 6.45) is 0.560. The molecular formula is C34H37N5O6. The molecule has 45 heavy (non-hydrogen) atoms. The zero-order chi connectivity index (χ0) is 32.1. The number of ether oxygens (including phenoxy) is 3. The van der Waals surface area contributed by atoms with Crippen LogP contribution in [0.2, 0.25) is 0 Å². The Morgan fingerprint density at radius 3 is 2.58 bits per heavy atom. The number of benzene rings is 3. The van der Waals surface area contributed by atoms with Crippen LogP contribution in [0.5, 0.6) is 11.5 Å². The van der Waals surface area contributed by atoms with E-state index in [-0.39, 0.29) is 12.2 Å². The molecule has 0 radical (unpaired) electrons. The molecule has 0 bridgehead atoms. The Morgan fingerprint density at radius 1 is 1.04 bits per heavy atom. The largest absolute Gasteiger partial charge is 0.490 e. The van der Waals surface area contributed by atoms with Crippen LogP contribution in [-0.4, -0.2) is 54.4 Å². The van der Waals surface area contributed by atoms with E-state index in [9.17, 15) is 14.7 Å². The van der Waals surface area contributed by atoms with Gasteiger partial charge >= 0.3 is 12.0 Å². The SMILES string of the molecule is CCOc1cc([C@H]2NC(=O)NC(C)=C2C(=O)OC)ccc1OC[C@H](O)N/N=C\c1cc(C)n(-c2ccc3ccccc3c2)c1C. The Morgan fingerprint density at radius 2 is 1.82 bits per heavy atom. The summed E-state index contributed by atoms with van der Waals surface area (Å²) in [5, 5.41) is 22.5. The average Bonchev–Trinajstić information content (AvgIpc) is 3.31. The maximum absolute atomic E-state index is 12.5. The minimum Gasteiger partial charge on any atom is -0.490 e. The Balaban J connectivity index is 1.25. The predicted molar refractivity (Wildman–Crippen MR) is 172 cm³/mol. The van der Waals surface area contributed by atoms with Crippen LogP contribution in [0.15, 0.2) is 83.1 Å². The van der Waals surface area contributed by atoms with Crippen molar-refractivity contribution in [1.82, 2.24) is 20.6 Å². The average molecular weight is 612 g/mol. The molecule has 5 rings (SSSR count). The minimum atomic E-state index is -1.11. The van der Waals surface area contributed by atoms with Crippen LogP contribution in [0.25, 0.3) is 16.5 Å². The molecule has 1 aliphatic rings. The molecule has 0 unspecified atom stereocenters. The van der Waals surface area contributed by atoms with E-state index < -0.39 is 24.3 Å². The van der Waals surface area contributed by atoms with Crippen LogP contribution in [0.1, 0.15) is 42.4 Å². The number of aryl methyl sites for hydroxylation is 1. The van der Waals surface area contributed by atoms with Crippen molar-refractivity contribution < 1.29 is 28.9 Å². The number of fused-ring (bicyclic) bond motifs is 1. The van der Waals surface area contributed by atoms with E-state index in [0.29, 0.717) is 29.4 Å². The van der Waals surface area contributed by atoms with E-state index in [2.05, 4.69) is 56.1 Å². The standard InChI is InChI=1S/C34H37N5O6/c1-6-44-29-17-25(32-31(33(41)43-5)21(3)36-34(42)37-32)12-14-28(29)45-19-30(40)38-35-18-26-15-20(2)39(22(26)4)27-13-11-23-9-7-8-10-24(23)16-27/h7-18,30,32,38,40H,6,19H2,1-5H3,(H2,36,37,42)/b35-18-/t30-,32+/m0/s1. The fourth-order valence-corrected chi connectivity index (χ4v) is 5.45. The summed E-state index contributed by atoms with van der Waals surface area (Å²) >= 11 is 0. The van der Waals surface area contributed by atoms with Crippen LogP contribution in [0, 0.1) is 13.8 Å². The fourth-order valence-electron chi connectivity index (χ4n) is 5.45. The number of urea groups is 1. The van der Waals surface area contributed by atoms with E-state index in [1.54, 1.807) is 31.3 Å². The zero-order valence-corrected chi connectivity index (χ0v) is 25.9. The molecule has 1 aromatic heterocycles. The van der Waals surface area contributed by atoms with Crippen LogP contribution in [-0.2, 0) is 9.53 Å². The van der Waals surface area contributed by atoms with Gasteiger partial charge in [0.1, 0.15) is 6.61 Å². The molecule has 0 fully saturated rings. The van der Waals surface area contributed by atoms with E-state index in [4.69, 9.17) is 14.2 Å². The molecule has 0 saturated carbocycles. The third-order valence-electron chi connectivity index (χ3n) is 7.56. The van der Waals surface area contributed by atoms with Crippen molar-refractivity contribution in [3.63, 3.8) is 0 Å². The van der Waals surface area contributed by atoms with Gasteiger partial charge in [0.2, 0.25) is 0 Å². The van der Waals surface area contributed by atoms with Crippen molar-refractivity contribution in [3.05, 3.63) is 101 Å². The summed E-state index contributed by atoms with van der Waals surface area (Å²) in [5.74, 6) is 0.208. The first-order valence-electron chi connectivity index (χ1n) is 14.6. The number of aliphatic hydroxyl groups is 1. The molecule has 234 valence electrons. The highest BCUT2D eigenvalue weighted by atomic mass is 16.5. The van der Waals surface area contributed by atoms with Crippen LogP contribution >= 0.6 is 0 Å². The van der Waals surface area contributed by atoms with Gasteiger partial charge in [-0.2, -0.15) is 5.10 Å². The first-order valence-corrected chi connectivity index (χ1v) is 14.6. The van der Waals surface area contributed by atoms with Crippen molar-refractivity contribution >= 4 is 29.0 Å². The minimum absolute atomic E-state index is 0.122. The van der Waals surface area contributed by atoms with Crippen molar-refractivity contribution in [2.75, 3.05) is 20.3 Å². The number of nitrogens with one attached hydrogen (secondary N) is 3. The quantitative estimate of drug-likeness (QED) is 0.0831. The molecule has 0 spiro atoms. The lowest BCUT2D eigenvalue weighted by atomic mass is 9.95. The van der Waals surface area contributed by atoms with Gasteiger partial charge in [-0.05, 0) is 74.4 Å². The molecule has 0 aliphatic carbocycles. The number of hydrogen-bond donors (Lipinski definition) is 4. The summed E-state index contributed by atoms with van der Waals surface area (Å²) in [6.45, 7) is 7.77. The molecule has 0 saturated heterocycles. The van der Waals surface area contributed by atoms with Crippen LogP contribution in [0.3, 0.4) is 0 Å². The number of amides is 2. The molecular weight excluding hydrogens is 574 g/mol. The lowest BCUT2D eigenvalue weighted by Gasteiger charge is -2.28. The van der Waals surface area contributed by atoms with E-state index in [1.165, 1.54) is 17.9 Å². The van der Waals surface area contributed by atoms with E-state index in [1.807, 2.05) is 39.0 Å². The highest BCUT2D eigenvalue weighted by molar-refractivity contribution is 5.95. The molecule has 3 aromatic carbocycles. The second-order valence-electron chi connectivity index (χ2n) is 10.6. The van der Waals surface area contributed by atoms with Crippen molar-refractivity contribution in [2.24, 2.45) is 5.10 Å². The van der Waals surface area contributed by atoms with Crippen LogP contribution < -0.4 is 25.5 Å². The van der Waals surface area contributed by atoms with Gasteiger partial charge in [0.05, 0.1) is 31.5 Å². The topological polar surface area (TPSA) is 135 Å². The number of hydrazone groups is 1. The second kappa shape index (κ2) is 13.6. The second-order valence-corrected chi connectivity index (χ2v) is 10.6. The van der Waals surface area contributed by atoms with E-state index >= 15 is 0 Å². The van der Waals surface area contributed by atoms with Gasteiger partial charge in [-0.15, -0.1) is 0 Å². The van der Waals surface area contributed by atoms with E-state index in [0.717, 1.165) is 22.6 Å². The summed E-state index contributed by atoms with van der Waals surface area (Å²) < 4.78 is 18.7. The van der Waals surface area contributed by atoms with Gasteiger partial charge in [-0.1, -0.05) is 36.4 Å². The summed E-state index contributed by atoms with van der Waals surface area (Å²) in [7, 11) is 1.28. The van der Waals surface area contributed by atoms with Gasteiger partial charge < -0.3 is 34.5 Å². The molecule has 11 heteroatoms. The molecule has 2 amide bonds. The third-order valence-corrected chi connectivity index (χ3v) is 7.56. The fraction of sp³-hybridized carbons (Fsp3) is 0.265. The highest BCUT2D eigenvalue weighted by Crippen LogP contribution is 2.35. The number of aliphatic hydroxyl groups excluding tert-OH is 1. The lowest BCUT2D eigenvalue weighted by molar-refractivity contribution is -0.136. The highest BCUT2D eigenvalue weighted by Gasteiger charge is 2.32. The predicted octanol–water partition coefficient (Wildman–Crippen LogP) is 4.77. The Hall–Kier alpha value is -5.29. The number of nitrogens with zero attached hydrogens (tertiary/aromatic N) is 2. The number of carbonyl (C=O) groups excluding carboxylic acids is 2. The molecule has 1 aliphatic heterocycles. The normalized spacial score (nSPS) is 15.5. The monoisotopic (exact) mass is 611 g/mol. The maximum Gasteiger partial charge on any atom is 0.337 e. The number of aromatic nitrogens is 1. The van der Waals surface area contributed by atoms with Crippen molar-refractivity contribution in [2.45, 2.75) is 40.0 Å². The first kappa shape index (κ1) is 31.1. The van der Waals surface area contributed by atoms with Gasteiger partial charge in [0.15, 0.2) is 17.7 Å². The number of esters is 1. The summed E-state index contributed by atoms with van der Waals surface area (Å²) in [4.78, 5) is 24.6. The molecule has 11 nitrogen and oxygen atoms in total. The van der Waals surface area contributed by atoms with Crippen LogP contribution in [0.4, 0.5) is 4.79 Å². The van der Waals surface area contributed by atoms with Gasteiger partial charge in [0, 0.05) is 28.3 Å². The number of allylic oxidation sites excluding steroid dienone is 1. The Kier molecular flexibility index (Phi) is 9.39. The Labute approximate surface area is 261 Å². The number of rotatable bonds is 11. The number of methoxy groups -OCH3 is 1. The van der Waals surface area contributed by atoms with Gasteiger partial charge in [0.25, 0.3) is 0 Å². The molecule has 4 aromatic rings. The number of carbonyl (C=O) groups is 2. The number of hydrogen-bond acceptors (Lipinski definition) is 8. The smallest absolute Gasteiger partial charge is 0.337 e. The van der Waals surface area contributed by atoms with Crippen molar-refractivity contribution in [1.29, 1.82) is 0 Å². The third kappa shape index (κ3) is 6.78.